The van der Waals surface area contributed by atoms with E-state index >= 15 is 0 Å². The quantitative estimate of drug-likeness (QED) is 0.761. The number of ether oxygens (including phenoxy) is 2. The van der Waals surface area contributed by atoms with Crippen LogP contribution in [0.15, 0.2) is 30.2 Å². The number of nitrogens with zero attached hydrogens (tertiary/aromatic N) is 4. The van der Waals surface area contributed by atoms with E-state index in [2.05, 4.69) is 15.0 Å². The zero-order chi connectivity index (χ0) is 15.9. The average molecular weight is 338 g/mol. The molecule has 0 spiro atoms. The number of rotatable bonds is 8. The third-order valence-electron chi connectivity index (χ3n) is 3.68. The molecule has 2 atom stereocenters. The first-order valence-corrected chi connectivity index (χ1v) is 8.62. The second kappa shape index (κ2) is 8.51. The number of morpholine rings is 1. The minimum absolute atomic E-state index is 0.0738. The lowest BCUT2D eigenvalue weighted by Gasteiger charge is -2.33. The van der Waals surface area contributed by atoms with Crippen molar-refractivity contribution in [1.29, 1.82) is 0 Å². The summed E-state index contributed by atoms with van der Waals surface area (Å²) in [6.07, 6.45) is 2.80. The summed E-state index contributed by atoms with van der Waals surface area (Å²) in [6, 6.07) is 4.04. The molecule has 8 heteroatoms. The molecule has 0 bridgehead atoms. The van der Waals surface area contributed by atoms with E-state index < -0.39 is 6.10 Å². The average Bonchev–Trinajstić information content (AvgIpc) is 3.21. The van der Waals surface area contributed by atoms with Crippen LogP contribution < -0.4 is 0 Å². The van der Waals surface area contributed by atoms with Crippen LogP contribution in [0.2, 0.25) is 0 Å². The van der Waals surface area contributed by atoms with Crippen LogP contribution >= 0.6 is 11.3 Å². The van der Waals surface area contributed by atoms with E-state index in [9.17, 15) is 5.11 Å². The van der Waals surface area contributed by atoms with Gasteiger partial charge in [-0.15, -0.1) is 11.3 Å². The van der Waals surface area contributed by atoms with Crippen LogP contribution in [-0.4, -0.2) is 69.8 Å². The number of aliphatic hydroxyl groups is 1. The number of hydrogen-bond acceptors (Lipinski definition) is 7. The Kier molecular flexibility index (Phi) is 6.12. The molecular weight excluding hydrogens is 316 g/mol. The summed E-state index contributed by atoms with van der Waals surface area (Å²) in [7, 11) is 0. The summed E-state index contributed by atoms with van der Waals surface area (Å²) >= 11 is 1.67. The van der Waals surface area contributed by atoms with Gasteiger partial charge in [0.25, 0.3) is 0 Å². The van der Waals surface area contributed by atoms with E-state index in [0.717, 1.165) is 13.1 Å². The van der Waals surface area contributed by atoms with Crippen molar-refractivity contribution in [2.75, 3.05) is 32.8 Å². The van der Waals surface area contributed by atoms with Crippen LogP contribution in [0.5, 0.6) is 0 Å². The van der Waals surface area contributed by atoms with E-state index in [1.807, 2.05) is 17.5 Å². The standard InChI is InChI=1S/C15H22N4O3S/c20-13(9-21-10-15-2-1-5-23-15)6-18-3-4-22-14(7-18)8-19-12-16-11-17-19/h1-2,5,11-14,20H,3-4,6-10H2/t13-,14+/m1/s1. The molecule has 0 aromatic carbocycles. The summed E-state index contributed by atoms with van der Waals surface area (Å²) in [6.45, 7) is 4.47. The third-order valence-corrected chi connectivity index (χ3v) is 4.53. The topological polar surface area (TPSA) is 72.6 Å². The maximum absolute atomic E-state index is 10.1. The lowest BCUT2D eigenvalue weighted by Crippen LogP contribution is -2.47. The van der Waals surface area contributed by atoms with Gasteiger partial charge in [0.15, 0.2) is 0 Å². The number of hydrogen-bond donors (Lipinski definition) is 1. The lowest BCUT2D eigenvalue weighted by molar-refractivity contribution is -0.0582. The molecule has 0 saturated carbocycles. The summed E-state index contributed by atoms with van der Waals surface area (Å²) in [5.74, 6) is 0. The molecule has 1 fully saturated rings. The molecule has 7 nitrogen and oxygen atoms in total. The molecule has 23 heavy (non-hydrogen) atoms. The van der Waals surface area contributed by atoms with Gasteiger partial charge < -0.3 is 14.6 Å². The van der Waals surface area contributed by atoms with Crippen LogP contribution in [0.3, 0.4) is 0 Å². The highest BCUT2D eigenvalue weighted by atomic mass is 32.1. The molecule has 126 valence electrons. The highest BCUT2D eigenvalue weighted by Crippen LogP contribution is 2.11. The van der Waals surface area contributed by atoms with Gasteiger partial charge in [0, 0.05) is 24.5 Å². The monoisotopic (exact) mass is 338 g/mol. The number of β-amino-alcohol motifs (C(OH)–C–C–N with tert-alkyl or cyclic N) is 1. The van der Waals surface area contributed by atoms with Gasteiger partial charge in [0.2, 0.25) is 0 Å². The van der Waals surface area contributed by atoms with Crippen molar-refractivity contribution < 1.29 is 14.6 Å². The van der Waals surface area contributed by atoms with E-state index in [1.54, 1.807) is 22.3 Å². The van der Waals surface area contributed by atoms with Crippen LogP contribution in [0.25, 0.3) is 0 Å². The fraction of sp³-hybridized carbons (Fsp3) is 0.600. The Labute approximate surface area is 139 Å². The summed E-state index contributed by atoms with van der Waals surface area (Å²) in [5.41, 5.74) is 0. The van der Waals surface area contributed by atoms with Gasteiger partial charge in [-0.25, -0.2) is 4.98 Å². The minimum Gasteiger partial charge on any atom is -0.389 e. The Morgan fingerprint density at radius 3 is 3.26 bits per heavy atom. The molecular formula is C15H22N4O3S. The predicted octanol–water partition coefficient (Wildman–Crippen LogP) is 0.618. The molecule has 1 aliphatic heterocycles. The Morgan fingerprint density at radius 1 is 1.52 bits per heavy atom. The van der Waals surface area contributed by atoms with Crippen LogP contribution in [0.4, 0.5) is 0 Å². The van der Waals surface area contributed by atoms with E-state index in [1.165, 1.54) is 11.2 Å². The first-order chi connectivity index (χ1) is 11.3. The minimum atomic E-state index is -0.486. The van der Waals surface area contributed by atoms with Crippen molar-refractivity contribution in [1.82, 2.24) is 19.7 Å². The van der Waals surface area contributed by atoms with Crippen LogP contribution in [-0.2, 0) is 22.6 Å². The second-order valence-electron chi connectivity index (χ2n) is 5.62. The highest BCUT2D eigenvalue weighted by molar-refractivity contribution is 7.09. The zero-order valence-corrected chi connectivity index (χ0v) is 13.8. The van der Waals surface area contributed by atoms with E-state index in [-0.39, 0.29) is 6.10 Å². The third kappa shape index (κ3) is 5.36. The Morgan fingerprint density at radius 2 is 2.48 bits per heavy atom. The van der Waals surface area contributed by atoms with Crippen molar-refractivity contribution in [2.45, 2.75) is 25.4 Å². The van der Waals surface area contributed by atoms with Gasteiger partial charge in [0.1, 0.15) is 12.7 Å². The van der Waals surface area contributed by atoms with Crippen molar-refractivity contribution in [3.63, 3.8) is 0 Å². The summed E-state index contributed by atoms with van der Waals surface area (Å²) in [5, 5.41) is 16.3. The predicted molar refractivity (Wildman–Crippen MR) is 86.2 cm³/mol. The Bertz CT molecular complexity index is 549. The first-order valence-electron chi connectivity index (χ1n) is 7.74. The lowest BCUT2D eigenvalue weighted by atomic mass is 10.2. The molecule has 3 rings (SSSR count). The molecule has 0 amide bonds. The molecule has 1 N–H and O–H groups in total. The molecule has 2 aromatic rings. The summed E-state index contributed by atoms with van der Waals surface area (Å²) < 4.78 is 13.1. The maximum atomic E-state index is 10.1. The molecule has 3 heterocycles. The molecule has 1 aliphatic rings. The SMILES string of the molecule is O[C@@H](COCc1cccs1)CN1CCO[C@H](Cn2cncn2)C1. The molecule has 1 saturated heterocycles. The Hall–Kier alpha value is -1.32. The summed E-state index contributed by atoms with van der Waals surface area (Å²) in [4.78, 5) is 7.33. The fourth-order valence-electron chi connectivity index (χ4n) is 2.63. The van der Waals surface area contributed by atoms with Crippen molar-refractivity contribution in [3.05, 3.63) is 35.0 Å². The van der Waals surface area contributed by atoms with Crippen molar-refractivity contribution in [3.8, 4) is 0 Å². The number of aromatic nitrogens is 3. The second-order valence-corrected chi connectivity index (χ2v) is 6.65. The van der Waals surface area contributed by atoms with Gasteiger partial charge in [-0.2, -0.15) is 5.10 Å². The van der Waals surface area contributed by atoms with Crippen molar-refractivity contribution in [2.24, 2.45) is 0 Å². The maximum Gasteiger partial charge on any atom is 0.137 e. The zero-order valence-electron chi connectivity index (χ0n) is 13.0. The fourth-order valence-corrected chi connectivity index (χ4v) is 3.27. The smallest absolute Gasteiger partial charge is 0.137 e. The van der Waals surface area contributed by atoms with E-state index in [0.29, 0.717) is 32.9 Å². The molecule has 0 radical (unpaired) electrons. The van der Waals surface area contributed by atoms with E-state index in [4.69, 9.17) is 9.47 Å². The highest BCUT2D eigenvalue weighted by Gasteiger charge is 2.22. The van der Waals surface area contributed by atoms with Crippen molar-refractivity contribution >= 4 is 11.3 Å². The molecule has 0 unspecified atom stereocenters. The largest absolute Gasteiger partial charge is 0.389 e. The van der Waals surface area contributed by atoms with Gasteiger partial charge in [-0.3, -0.25) is 9.58 Å². The number of aliphatic hydroxyl groups excluding tert-OH is 1. The Balaban J connectivity index is 1.36. The van der Waals surface area contributed by atoms with Gasteiger partial charge in [-0.05, 0) is 11.4 Å². The first kappa shape index (κ1) is 16.5. The van der Waals surface area contributed by atoms with Gasteiger partial charge in [-0.1, -0.05) is 6.07 Å². The number of thiophene rings is 1. The normalized spacial score (nSPS) is 20.7. The molecule has 0 aliphatic carbocycles. The van der Waals surface area contributed by atoms with Gasteiger partial charge in [0.05, 0.1) is 38.6 Å². The van der Waals surface area contributed by atoms with Crippen LogP contribution in [0.1, 0.15) is 4.88 Å². The molecule has 2 aromatic heterocycles. The van der Waals surface area contributed by atoms with Gasteiger partial charge >= 0.3 is 0 Å². The van der Waals surface area contributed by atoms with Crippen LogP contribution in [0, 0.1) is 0 Å².